The monoisotopic (exact) mass is 314 g/mol. The highest BCUT2D eigenvalue weighted by Crippen LogP contribution is 2.23. The number of carbonyl (C=O) groups is 2. The third kappa shape index (κ3) is 3.16. The van der Waals surface area contributed by atoms with Crippen molar-refractivity contribution in [2.45, 2.75) is 25.5 Å². The molecule has 2 amide bonds. The van der Waals surface area contributed by atoms with E-state index in [0.717, 1.165) is 6.07 Å². The zero-order valence-corrected chi connectivity index (χ0v) is 12.3. The van der Waals surface area contributed by atoms with E-state index in [1.54, 1.807) is 6.92 Å². The van der Waals surface area contributed by atoms with Crippen molar-refractivity contribution >= 4 is 23.4 Å². The molecule has 0 bridgehead atoms. The summed E-state index contributed by atoms with van der Waals surface area (Å²) in [5.41, 5.74) is -1.58. The Morgan fingerprint density at radius 1 is 1.52 bits per heavy atom. The third-order valence-corrected chi connectivity index (χ3v) is 3.74. The Morgan fingerprint density at radius 3 is 2.81 bits per heavy atom. The van der Waals surface area contributed by atoms with Gasteiger partial charge in [0.2, 0.25) is 5.60 Å². The number of nitrogens with zero attached hydrogens (tertiary/aromatic N) is 1. The van der Waals surface area contributed by atoms with E-state index in [9.17, 15) is 19.1 Å². The fourth-order valence-corrected chi connectivity index (χ4v) is 2.57. The number of aliphatic hydroxyl groups is 1. The van der Waals surface area contributed by atoms with E-state index in [1.807, 2.05) is 0 Å². The summed E-state index contributed by atoms with van der Waals surface area (Å²) in [4.78, 5) is 25.4. The molecule has 0 spiro atoms. The number of rotatable bonds is 4. The second-order valence-corrected chi connectivity index (χ2v) is 5.39. The minimum absolute atomic E-state index is 0.0158. The molecule has 1 aliphatic rings. The molecule has 5 nitrogen and oxygen atoms in total. The molecule has 1 aromatic carbocycles. The van der Waals surface area contributed by atoms with Crippen molar-refractivity contribution < 1.29 is 19.1 Å². The molecule has 0 saturated carbocycles. The lowest BCUT2D eigenvalue weighted by Gasteiger charge is -2.20. The highest BCUT2D eigenvalue weighted by atomic mass is 35.5. The molecule has 1 unspecified atom stereocenters. The number of likely N-dealkylation sites (N-methyl/N-ethyl adjacent to an activating group) is 1. The van der Waals surface area contributed by atoms with Crippen molar-refractivity contribution in [3.63, 3.8) is 0 Å². The van der Waals surface area contributed by atoms with Gasteiger partial charge in [0.05, 0.1) is 0 Å². The van der Waals surface area contributed by atoms with Crippen molar-refractivity contribution in [3.05, 3.63) is 34.6 Å². The van der Waals surface area contributed by atoms with Crippen LogP contribution in [0, 0.1) is 5.82 Å². The molecule has 1 saturated heterocycles. The van der Waals surface area contributed by atoms with E-state index in [0.29, 0.717) is 18.7 Å². The Morgan fingerprint density at radius 2 is 2.24 bits per heavy atom. The summed E-state index contributed by atoms with van der Waals surface area (Å²) in [6, 6.07) is 3.88. The van der Waals surface area contributed by atoms with E-state index in [2.05, 4.69) is 5.32 Å². The first-order valence-electron chi connectivity index (χ1n) is 6.62. The topological polar surface area (TPSA) is 69.6 Å². The summed E-state index contributed by atoms with van der Waals surface area (Å²) in [5.74, 6) is -1.89. The van der Waals surface area contributed by atoms with Crippen molar-refractivity contribution in [1.82, 2.24) is 10.2 Å². The summed E-state index contributed by atoms with van der Waals surface area (Å²) in [6.07, 6.45) is 0.0510. The number of likely N-dealkylation sites (tertiary alicyclic amines) is 1. The fourth-order valence-electron chi connectivity index (χ4n) is 2.32. The highest BCUT2D eigenvalue weighted by Gasteiger charge is 2.50. The molecule has 0 aliphatic carbocycles. The van der Waals surface area contributed by atoms with Crippen molar-refractivity contribution in [2.75, 3.05) is 13.1 Å². The van der Waals surface area contributed by atoms with Crippen molar-refractivity contribution in [2.24, 2.45) is 0 Å². The van der Waals surface area contributed by atoms with E-state index < -0.39 is 23.2 Å². The molecular weight excluding hydrogens is 299 g/mol. The van der Waals surface area contributed by atoms with Gasteiger partial charge in [-0.1, -0.05) is 11.6 Å². The molecule has 114 valence electrons. The Hall–Kier alpha value is -1.66. The molecule has 7 heteroatoms. The maximum absolute atomic E-state index is 13.2. The van der Waals surface area contributed by atoms with Crippen LogP contribution in [-0.4, -0.2) is 40.5 Å². The van der Waals surface area contributed by atoms with Gasteiger partial charge in [-0.15, -0.1) is 0 Å². The van der Waals surface area contributed by atoms with E-state index >= 15 is 0 Å². The summed E-state index contributed by atoms with van der Waals surface area (Å²) in [7, 11) is 0. The maximum Gasteiger partial charge on any atom is 0.264 e. The Kier molecular flexibility index (Phi) is 4.49. The molecule has 0 radical (unpaired) electrons. The van der Waals surface area contributed by atoms with Gasteiger partial charge in [-0.05, 0) is 30.7 Å². The lowest BCUT2D eigenvalue weighted by Crippen LogP contribution is -2.52. The normalized spacial score (nSPS) is 21.7. The quantitative estimate of drug-likeness (QED) is 0.817. The molecule has 1 heterocycles. The number of carbonyl (C=O) groups excluding carboxylic acids is 2. The average molecular weight is 315 g/mol. The predicted molar refractivity (Wildman–Crippen MR) is 75.1 cm³/mol. The van der Waals surface area contributed by atoms with Crippen LogP contribution in [0.1, 0.15) is 18.9 Å². The van der Waals surface area contributed by atoms with Gasteiger partial charge in [0.25, 0.3) is 11.8 Å². The highest BCUT2D eigenvalue weighted by molar-refractivity contribution is 6.30. The van der Waals surface area contributed by atoms with Crippen LogP contribution in [0.15, 0.2) is 18.2 Å². The van der Waals surface area contributed by atoms with Crippen LogP contribution >= 0.6 is 11.6 Å². The largest absolute Gasteiger partial charge is 0.372 e. The van der Waals surface area contributed by atoms with Crippen molar-refractivity contribution in [1.29, 1.82) is 0 Å². The van der Waals surface area contributed by atoms with Gasteiger partial charge in [0.1, 0.15) is 5.82 Å². The van der Waals surface area contributed by atoms with Gasteiger partial charge in [0.15, 0.2) is 0 Å². The Bertz CT molecular complexity index is 561. The number of hydrogen-bond donors (Lipinski definition) is 2. The molecule has 2 rings (SSSR count). The number of amides is 2. The average Bonchev–Trinajstić information content (AvgIpc) is 2.72. The number of benzene rings is 1. The molecule has 1 fully saturated rings. The first-order valence-corrected chi connectivity index (χ1v) is 6.99. The molecule has 1 aliphatic heterocycles. The van der Waals surface area contributed by atoms with Gasteiger partial charge >= 0.3 is 0 Å². The summed E-state index contributed by atoms with van der Waals surface area (Å²) in [6.45, 7) is 2.54. The SMILES string of the molecule is CCN1CCC(O)(C(=O)NCc2cc(F)cc(Cl)c2)C1=O. The minimum atomic E-state index is -2.03. The molecule has 2 N–H and O–H groups in total. The number of nitrogens with one attached hydrogen (secondary N) is 1. The maximum atomic E-state index is 13.2. The standard InChI is InChI=1S/C14H16ClFN2O3/c1-2-18-4-3-14(21,13(18)20)12(19)17-8-9-5-10(15)7-11(16)6-9/h5-7,21H,2-4,8H2,1H3,(H,17,19). The molecule has 21 heavy (non-hydrogen) atoms. The second-order valence-electron chi connectivity index (χ2n) is 4.96. The van der Waals surface area contributed by atoms with E-state index in [4.69, 9.17) is 11.6 Å². The predicted octanol–water partition coefficient (Wildman–Crippen LogP) is 1.08. The summed E-state index contributed by atoms with van der Waals surface area (Å²) >= 11 is 5.72. The van der Waals surface area contributed by atoms with Gasteiger partial charge in [0, 0.05) is 31.1 Å². The summed E-state index contributed by atoms with van der Waals surface area (Å²) < 4.78 is 13.2. The van der Waals surface area contributed by atoms with E-state index in [1.165, 1.54) is 17.0 Å². The van der Waals surface area contributed by atoms with Crippen LogP contribution < -0.4 is 5.32 Å². The zero-order chi connectivity index (χ0) is 15.6. The van der Waals surface area contributed by atoms with Crippen LogP contribution in [0.2, 0.25) is 5.02 Å². The lowest BCUT2D eigenvalue weighted by molar-refractivity contribution is -0.154. The van der Waals surface area contributed by atoms with Gasteiger partial charge in [-0.25, -0.2) is 4.39 Å². The minimum Gasteiger partial charge on any atom is -0.372 e. The van der Waals surface area contributed by atoms with E-state index in [-0.39, 0.29) is 18.0 Å². The number of halogens is 2. The van der Waals surface area contributed by atoms with Crippen LogP contribution in [0.4, 0.5) is 4.39 Å². The first-order chi connectivity index (χ1) is 9.86. The van der Waals surface area contributed by atoms with Crippen LogP contribution in [-0.2, 0) is 16.1 Å². The Labute approximate surface area is 126 Å². The van der Waals surface area contributed by atoms with Crippen LogP contribution in [0.5, 0.6) is 0 Å². The second kappa shape index (κ2) is 5.99. The van der Waals surface area contributed by atoms with Gasteiger partial charge in [-0.2, -0.15) is 0 Å². The summed E-state index contributed by atoms with van der Waals surface area (Å²) in [5, 5.41) is 12.9. The molecular formula is C14H16ClFN2O3. The zero-order valence-electron chi connectivity index (χ0n) is 11.5. The molecule has 1 atom stereocenters. The Balaban J connectivity index is 2.03. The fraction of sp³-hybridized carbons (Fsp3) is 0.429. The van der Waals surface area contributed by atoms with Gasteiger partial charge in [-0.3, -0.25) is 9.59 Å². The van der Waals surface area contributed by atoms with Crippen LogP contribution in [0.3, 0.4) is 0 Å². The smallest absolute Gasteiger partial charge is 0.264 e. The van der Waals surface area contributed by atoms with Crippen molar-refractivity contribution in [3.8, 4) is 0 Å². The third-order valence-electron chi connectivity index (χ3n) is 3.52. The molecule has 0 aromatic heterocycles. The molecule has 1 aromatic rings. The first kappa shape index (κ1) is 15.7. The number of hydrogen-bond acceptors (Lipinski definition) is 3. The van der Waals surface area contributed by atoms with Gasteiger partial charge < -0.3 is 15.3 Å². The lowest BCUT2D eigenvalue weighted by atomic mass is 10.0. The van der Waals surface area contributed by atoms with Crippen LogP contribution in [0.25, 0.3) is 0 Å².